The highest BCUT2D eigenvalue weighted by Crippen LogP contribution is 2.33. The van der Waals surface area contributed by atoms with Gasteiger partial charge >= 0.3 is 0 Å². The van der Waals surface area contributed by atoms with Crippen LogP contribution in [0, 0.1) is 17.8 Å². The van der Waals surface area contributed by atoms with Gasteiger partial charge in [-0.3, -0.25) is 4.99 Å². The molecule has 0 amide bonds. The summed E-state index contributed by atoms with van der Waals surface area (Å²) in [6.07, 6.45) is 3.86. The minimum Gasteiger partial charge on any atom is -0.373 e. The summed E-state index contributed by atoms with van der Waals surface area (Å²) < 4.78 is 6.13. The maximum atomic E-state index is 6.13. The molecule has 4 atom stereocenters. The van der Waals surface area contributed by atoms with Crippen molar-refractivity contribution in [3.63, 3.8) is 0 Å². The average molecular weight is 344 g/mol. The number of hydrogen-bond acceptors (Lipinski definition) is 2. The number of aliphatic imine (C=N–C) groups is 1. The van der Waals surface area contributed by atoms with Crippen LogP contribution in [0.4, 0.5) is 0 Å². The van der Waals surface area contributed by atoms with E-state index in [1.165, 1.54) is 18.4 Å². The van der Waals surface area contributed by atoms with E-state index in [9.17, 15) is 0 Å². The summed E-state index contributed by atoms with van der Waals surface area (Å²) in [7, 11) is 1.90. The second-order valence-electron chi connectivity index (χ2n) is 7.88. The Labute approximate surface area is 152 Å². The number of benzene rings is 1. The van der Waals surface area contributed by atoms with Gasteiger partial charge in [0.25, 0.3) is 0 Å². The molecule has 2 aliphatic heterocycles. The molecule has 1 aromatic rings. The first kappa shape index (κ1) is 18.2. The van der Waals surface area contributed by atoms with E-state index in [1.54, 1.807) is 0 Å². The molecule has 2 aliphatic rings. The maximum Gasteiger partial charge on any atom is 0.193 e. The summed E-state index contributed by atoms with van der Waals surface area (Å²) >= 11 is 0. The van der Waals surface area contributed by atoms with Crippen LogP contribution in [0.15, 0.2) is 35.3 Å². The Morgan fingerprint density at radius 2 is 1.92 bits per heavy atom. The Morgan fingerprint density at radius 1 is 1.20 bits per heavy atom. The summed E-state index contributed by atoms with van der Waals surface area (Å²) in [5.41, 5.74) is 1.30. The van der Waals surface area contributed by atoms with Gasteiger partial charge in [-0.2, -0.15) is 0 Å². The first-order valence-corrected chi connectivity index (χ1v) is 9.79. The zero-order valence-corrected chi connectivity index (χ0v) is 15.9. The number of hydrogen-bond donors (Lipinski definition) is 1. The molecule has 25 heavy (non-hydrogen) atoms. The second-order valence-corrected chi connectivity index (χ2v) is 7.88. The number of likely N-dealkylation sites (tertiary alicyclic amines) is 1. The topological polar surface area (TPSA) is 36.9 Å². The lowest BCUT2D eigenvalue weighted by molar-refractivity contribution is -0.0267. The lowest BCUT2D eigenvalue weighted by atomic mass is 9.89. The van der Waals surface area contributed by atoms with Gasteiger partial charge in [-0.15, -0.1) is 0 Å². The second kappa shape index (κ2) is 8.70. The van der Waals surface area contributed by atoms with E-state index >= 15 is 0 Å². The van der Waals surface area contributed by atoms with Crippen molar-refractivity contribution in [2.45, 2.75) is 39.2 Å². The molecule has 0 radical (unpaired) electrons. The van der Waals surface area contributed by atoms with Crippen LogP contribution in [-0.4, -0.2) is 44.1 Å². The Hall–Kier alpha value is -1.55. The highest BCUT2D eigenvalue weighted by Gasteiger charge is 2.29. The molecular formula is C21H33N3O. The Bertz CT molecular complexity index is 550. The molecule has 1 N–H and O–H groups in total. The molecule has 0 spiro atoms. The number of rotatable bonds is 3. The van der Waals surface area contributed by atoms with Crippen LogP contribution in [-0.2, 0) is 4.74 Å². The fourth-order valence-corrected chi connectivity index (χ4v) is 4.45. The Balaban J connectivity index is 1.62. The van der Waals surface area contributed by atoms with Crippen LogP contribution in [0.5, 0.6) is 0 Å². The molecule has 1 aromatic carbocycles. The van der Waals surface area contributed by atoms with Gasteiger partial charge in [0.15, 0.2) is 5.96 Å². The number of nitrogens with zero attached hydrogens (tertiary/aromatic N) is 2. The Kier molecular flexibility index (Phi) is 6.35. The zero-order chi connectivity index (χ0) is 17.6. The first-order valence-electron chi connectivity index (χ1n) is 9.79. The maximum absolute atomic E-state index is 6.13. The van der Waals surface area contributed by atoms with Gasteiger partial charge < -0.3 is 15.0 Å². The Morgan fingerprint density at radius 3 is 2.60 bits per heavy atom. The van der Waals surface area contributed by atoms with Gasteiger partial charge in [-0.25, -0.2) is 0 Å². The van der Waals surface area contributed by atoms with Crippen molar-refractivity contribution in [1.82, 2.24) is 10.2 Å². The minimum absolute atomic E-state index is 0.194. The van der Waals surface area contributed by atoms with Crippen LogP contribution < -0.4 is 5.32 Å². The van der Waals surface area contributed by atoms with Crippen molar-refractivity contribution in [1.29, 1.82) is 0 Å². The van der Waals surface area contributed by atoms with Gasteiger partial charge in [-0.05, 0) is 36.7 Å². The third kappa shape index (κ3) is 4.75. The van der Waals surface area contributed by atoms with Crippen LogP contribution in [0.3, 0.4) is 0 Å². The van der Waals surface area contributed by atoms with E-state index in [0.717, 1.165) is 50.5 Å². The summed E-state index contributed by atoms with van der Waals surface area (Å²) in [6, 6.07) is 10.7. The zero-order valence-electron chi connectivity index (χ0n) is 15.9. The molecule has 0 aromatic heterocycles. The van der Waals surface area contributed by atoms with Crippen molar-refractivity contribution in [3.05, 3.63) is 35.9 Å². The van der Waals surface area contributed by atoms with Gasteiger partial charge in [0, 0.05) is 39.2 Å². The van der Waals surface area contributed by atoms with Crippen LogP contribution in [0.1, 0.15) is 44.8 Å². The summed E-state index contributed by atoms with van der Waals surface area (Å²) in [4.78, 5) is 6.98. The largest absolute Gasteiger partial charge is 0.373 e. The van der Waals surface area contributed by atoms with E-state index in [1.807, 2.05) is 7.05 Å². The van der Waals surface area contributed by atoms with E-state index in [-0.39, 0.29) is 6.10 Å². The van der Waals surface area contributed by atoms with Crippen molar-refractivity contribution < 1.29 is 4.74 Å². The predicted molar refractivity (Wildman–Crippen MR) is 104 cm³/mol. The SMILES string of the molecule is CN=C(NCC1CCCOC1c1ccccc1)N1CC(C)CC(C)C1. The molecule has 0 saturated carbocycles. The van der Waals surface area contributed by atoms with Crippen LogP contribution in [0.25, 0.3) is 0 Å². The van der Waals surface area contributed by atoms with Gasteiger partial charge in [0.1, 0.15) is 0 Å². The summed E-state index contributed by atoms with van der Waals surface area (Å²) in [6.45, 7) is 8.69. The third-order valence-corrected chi connectivity index (χ3v) is 5.48. The highest BCUT2D eigenvalue weighted by atomic mass is 16.5. The van der Waals surface area contributed by atoms with E-state index in [2.05, 4.69) is 59.4 Å². The quantitative estimate of drug-likeness (QED) is 0.671. The highest BCUT2D eigenvalue weighted by molar-refractivity contribution is 5.80. The first-order chi connectivity index (χ1) is 12.2. The number of piperidine rings is 1. The van der Waals surface area contributed by atoms with E-state index in [0.29, 0.717) is 5.92 Å². The molecule has 0 bridgehead atoms. The number of guanidine groups is 1. The molecular weight excluding hydrogens is 310 g/mol. The number of ether oxygens (including phenoxy) is 1. The minimum atomic E-state index is 0.194. The monoisotopic (exact) mass is 343 g/mol. The lowest BCUT2D eigenvalue weighted by Crippen LogP contribution is -2.49. The molecule has 2 fully saturated rings. The van der Waals surface area contributed by atoms with Crippen molar-refractivity contribution in [3.8, 4) is 0 Å². The third-order valence-electron chi connectivity index (χ3n) is 5.48. The molecule has 0 aliphatic carbocycles. The molecule has 2 saturated heterocycles. The van der Waals surface area contributed by atoms with Crippen LogP contribution in [0.2, 0.25) is 0 Å². The molecule has 4 nitrogen and oxygen atoms in total. The molecule has 3 rings (SSSR count). The molecule has 4 heteroatoms. The fourth-order valence-electron chi connectivity index (χ4n) is 4.45. The van der Waals surface area contributed by atoms with Gasteiger partial charge in [-0.1, -0.05) is 44.2 Å². The smallest absolute Gasteiger partial charge is 0.193 e. The normalized spacial score (nSPS) is 31.0. The standard InChI is InChI=1S/C21H33N3O/c1-16-12-17(2)15-24(14-16)21(22-3)23-13-19-10-7-11-25-20(19)18-8-5-4-6-9-18/h4-6,8-9,16-17,19-20H,7,10-15H2,1-3H3,(H,22,23). The summed E-state index contributed by atoms with van der Waals surface area (Å²) in [5.74, 6) is 3.01. The predicted octanol–water partition coefficient (Wildman–Crippen LogP) is 3.71. The van der Waals surface area contributed by atoms with E-state index < -0.39 is 0 Å². The van der Waals surface area contributed by atoms with Gasteiger partial charge in [0.2, 0.25) is 0 Å². The van der Waals surface area contributed by atoms with Crippen molar-refractivity contribution >= 4 is 5.96 Å². The molecule has 4 unspecified atom stereocenters. The number of nitrogens with one attached hydrogen (secondary N) is 1. The van der Waals surface area contributed by atoms with E-state index in [4.69, 9.17) is 4.74 Å². The molecule has 138 valence electrons. The van der Waals surface area contributed by atoms with Crippen LogP contribution >= 0.6 is 0 Å². The lowest BCUT2D eigenvalue weighted by Gasteiger charge is -2.38. The fraction of sp³-hybridized carbons (Fsp3) is 0.667. The van der Waals surface area contributed by atoms with Crippen molar-refractivity contribution in [2.24, 2.45) is 22.7 Å². The average Bonchev–Trinajstić information content (AvgIpc) is 2.62. The summed E-state index contributed by atoms with van der Waals surface area (Å²) in [5, 5.41) is 3.65. The molecule has 2 heterocycles. The van der Waals surface area contributed by atoms with Gasteiger partial charge in [0.05, 0.1) is 6.10 Å². The van der Waals surface area contributed by atoms with Crippen molar-refractivity contribution in [2.75, 3.05) is 33.3 Å².